The van der Waals surface area contributed by atoms with Crippen molar-refractivity contribution in [3.8, 4) is 5.95 Å². The molecule has 0 bridgehead atoms. The van der Waals surface area contributed by atoms with Crippen LogP contribution in [0, 0.1) is 13.8 Å². The van der Waals surface area contributed by atoms with E-state index in [4.69, 9.17) is 16.6 Å². The van der Waals surface area contributed by atoms with Gasteiger partial charge in [0.15, 0.2) is 0 Å². The van der Waals surface area contributed by atoms with Crippen molar-refractivity contribution in [1.82, 2.24) is 19.3 Å². The number of rotatable bonds is 4. The van der Waals surface area contributed by atoms with Crippen molar-refractivity contribution in [2.75, 3.05) is 5.32 Å². The van der Waals surface area contributed by atoms with E-state index in [-0.39, 0.29) is 18.0 Å². The zero-order chi connectivity index (χ0) is 20.5. The number of hydrogen-bond acceptors (Lipinski definition) is 4. The molecule has 29 heavy (non-hydrogen) atoms. The minimum Gasteiger partial charge on any atom is -0.324 e. The molecule has 2 aromatic heterocycles. The van der Waals surface area contributed by atoms with Crippen LogP contribution >= 0.6 is 11.6 Å². The van der Waals surface area contributed by atoms with Crippen molar-refractivity contribution in [2.45, 2.75) is 46.1 Å². The summed E-state index contributed by atoms with van der Waals surface area (Å²) in [5.74, 6) is 0.0530. The van der Waals surface area contributed by atoms with E-state index in [2.05, 4.69) is 10.4 Å². The van der Waals surface area contributed by atoms with Crippen molar-refractivity contribution in [3.05, 3.63) is 68.4 Å². The first-order valence-corrected chi connectivity index (χ1v) is 10.0. The topological polar surface area (TPSA) is 81.8 Å². The SMILES string of the molecule is Cc1cc(C)n(-c2nc3c(c(=O)n2CC(=O)Nc2cccc(Cl)c2)CCCC3)n1. The Balaban J connectivity index is 1.75. The van der Waals surface area contributed by atoms with Gasteiger partial charge in [-0.15, -0.1) is 0 Å². The number of anilines is 1. The number of carbonyl (C=O) groups excluding carboxylic acids is 1. The standard InChI is InChI=1S/C21H22ClN5O2/c1-13-10-14(2)27(25-13)21-24-18-9-4-3-8-17(18)20(29)26(21)12-19(28)23-16-7-5-6-15(22)11-16/h5-7,10-11H,3-4,8-9,12H2,1-2H3,(H,23,28). The summed E-state index contributed by atoms with van der Waals surface area (Å²) >= 11 is 5.99. The van der Waals surface area contributed by atoms with Crippen molar-refractivity contribution in [2.24, 2.45) is 0 Å². The predicted molar refractivity (Wildman–Crippen MR) is 112 cm³/mol. The molecule has 0 spiro atoms. The van der Waals surface area contributed by atoms with E-state index < -0.39 is 0 Å². The molecular formula is C21H22ClN5O2. The summed E-state index contributed by atoms with van der Waals surface area (Å²) in [4.78, 5) is 30.7. The fourth-order valence-electron chi connectivity index (χ4n) is 3.72. The molecule has 0 atom stereocenters. The lowest BCUT2D eigenvalue weighted by Gasteiger charge is -2.20. The molecule has 150 valence electrons. The highest BCUT2D eigenvalue weighted by molar-refractivity contribution is 6.30. The summed E-state index contributed by atoms with van der Waals surface area (Å²) in [5, 5.41) is 7.80. The van der Waals surface area contributed by atoms with Gasteiger partial charge >= 0.3 is 0 Å². The number of aryl methyl sites for hydroxylation is 3. The van der Waals surface area contributed by atoms with Gasteiger partial charge in [0.05, 0.1) is 11.4 Å². The van der Waals surface area contributed by atoms with E-state index in [0.717, 1.165) is 36.3 Å². The lowest BCUT2D eigenvalue weighted by molar-refractivity contribution is -0.116. The molecule has 1 N–H and O–H groups in total. The molecule has 8 heteroatoms. The van der Waals surface area contributed by atoms with Crippen LogP contribution in [0.5, 0.6) is 0 Å². The van der Waals surface area contributed by atoms with E-state index in [1.165, 1.54) is 4.57 Å². The molecule has 0 unspecified atom stereocenters. The normalized spacial score (nSPS) is 13.2. The molecule has 2 heterocycles. The van der Waals surface area contributed by atoms with Crippen LogP contribution in [-0.2, 0) is 24.2 Å². The number of nitrogens with zero attached hydrogens (tertiary/aromatic N) is 4. The Kier molecular flexibility index (Phi) is 5.24. The van der Waals surface area contributed by atoms with Crippen molar-refractivity contribution in [3.63, 3.8) is 0 Å². The Hall–Kier alpha value is -2.93. The molecule has 3 aromatic rings. The van der Waals surface area contributed by atoms with Crippen LogP contribution in [0.1, 0.15) is 35.5 Å². The Morgan fingerprint density at radius 1 is 1.21 bits per heavy atom. The molecule has 1 aromatic carbocycles. The molecule has 0 radical (unpaired) electrons. The van der Waals surface area contributed by atoms with Gasteiger partial charge in [0.1, 0.15) is 6.54 Å². The average Bonchev–Trinajstić information content (AvgIpc) is 3.02. The highest BCUT2D eigenvalue weighted by atomic mass is 35.5. The van der Waals surface area contributed by atoms with Gasteiger partial charge in [0.2, 0.25) is 11.9 Å². The van der Waals surface area contributed by atoms with Crippen LogP contribution < -0.4 is 10.9 Å². The van der Waals surface area contributed by atoms with Crippen LogP contribution in [0.15, 0.2) is 35.1 Å². The molecule has 0 saturated carbocycles. The maximum Gasteiger partial charge on any atom is 0.258 e. The number of carbonyl (C=O) groups is 1. The third kappa shape index (κ3) is 3.96. The number of amides is 1. The summed E-state index contributed by atoms with van der Waals surface area (Å²) in [6.07, 6.45) is 3.42. The van der Waals surface area contributed by atoms with Crippen LogP contribution in [0.2, 0.25) is 5.02 Å². The lowest BCUT2D eigenvalue weighted by Crippen LogP contribution is -2.35. The van der Waals surface area contributed by atoms with Gasteiger partial charge in [-0.2, -0.15) is 5.10 Å². The van der Waals surface area contributed by atoms with Crippen LogP contribution in [0.3, 0.4) is 0 Å². The Morgan fingerprint density at radius 3 is 2.72 bits per heavy atom. The smallest absolute Gasteiger partial charge is 0.258 e. The number of hydrogen-bond donors (Lipinski definition) is 1. The summed E-state index contributed by atoms with van der Waals surface area (Å²) in [7, 11) is 0. The van der Waals surface area contributed by atoms with E-state index >= 15 is 0 Å². The van der Waals surface area contributed by atoms with Gasteiger partial charge in [0.25, 0.3) is 5.56 Å². The van der Waals surface area contributed by atoms with Crippen LogP contribution in [0.25, 0.3) is 5.95 Å². The molecular weight excluding hydrogens is 390 g/mol. The molecule has 1 aliphatic carbocycles. The third-order valence-electron chi connectivity index (χ3n) is 5.03. The van der Waals surface area contributed by atoms with Gasteiger partial charge in [-0.25, -0.2) is 9.67 Å². The molecule has 0 saturated heterocycles. The molecule has 7 nitrogen and oxygen atoms in total. The second-order valence-corrected chi connectivity index (χ2v) is 7.77. The quantitative estimate of drug-likeness (QED) is 0.714. The number of halogens is 1. The fourth-order valence-corrected chi connectivity index (χ4v) is 3.91. The minimum atomic E-state index is -0.324. The first-order chi connectivity index (χ1) is 13.9. The van der Waals surface area contributed by atoms with E-state index in [9.17, 15) is 9.59 Å². The average molecular weight is 412 g/mol. The largest absolute Gasteiger partial charge is 0.324 e. The third-order valence-corrected chi connectivity index (χ3v) is 5.26. The first-order valence-electron chi connectivity index (χ1n) is 9.64. The Bertz CT molecular complexity index is 1150. The van der Waals surface area contributed by atoms with Crippen molar-refractivity contribution < 1.29 is 4.79 Å². The highest BCUT2D eigenvalue weighted by Crippen LogP contribution is 2.19. The molecule has 4 rings (SSSR count). The molecule has 1 amide bonds. The number of aromatic nitrogens is 4. The van der Waals surface area contributed by atoms with Crippen molar-refractivity contribution in [1.29, 1.82) is 0 Å². The second kappa shape index (κ2) is 7.83. The molecule has 0 aliphatic heterocycles. The lowest BCUT2D eigenvalue weighted by atomic mass is 9.97. The van der Waals surface area contributed by atoms with E-state index in [1.807, 2.05) is 19.9 Å². The number of fused-ring (bicyclic) bond motifs is 1. The van der Waals surface area contributed by atoms with E-state index in [0.29, 0.717) is 28.6 Å². The highest BCUT2D eigenvalue weighted by Gasteiger charge is 2.22. The maximum absolute atomic E-state index is 13.2. The summed E-state index contributed by atoms with van der Waals surface area (Å²) < 4.78 is 3.06. The maximum atomic E-state index is 13.2. The van der Waals surface area contributed by atoms with Gasteiger partial charge in [-0.05, 0) is 63.8 Å². The summed E-state index contributed by atoms with van der Waals surface area (Å²) in [6.45, 7) is 3.64. The van der Waals surface area contributed by atoms with E-state index in [1.54, 1.807) is 28.9 Å². The zero-order valence-corrected chi connectivity index (χ0v) is 17.2. The minimum absolute atomic E-state index is 0.153. The summed E-state index contributed by atoms with van der Waals surface area (Å²) in [6, 6.07) is 8.82. The van der Waals surface area contributed by atoms with Gasteiger partial charge in [-0.3, -0.25) is 14.2 Å². The first kappa shape index (κ1) is 19.4. The van der Waals surface area contributed by atoms with Gasteiger partial charge in [0, 0.05) is 22.0 Å². The van der Waals surface area contributed by atoms with Gasteiger partial charge in [-0.1, -0.05) is 17.7 Å². The molecule has 0 fully saturated rings. The summed E-state index contributed by atoms with van der Waals surface area (Å²) in [5.41, 5.74) is 3.61. The number of benzene rings is 1. The van der Waals surface area contributed by atoms with Gasteiger partial charge < -0.3 is 5.32 Å². The fraction of sp³-hybridized carbons (Fsp3) is 0.333. The Morgan fingerprint density at radius 2 is 2.00 bits per heavy atom. The van der Waals surface area contributed by atoms with Crippen LogP contribution in [-0.4, -0.2) is 25.2 Å². The van der Waals surface area contributed by atoms with Crippen LogP contribution in [0.4, 0.5) is 5.69 Å². The zero-order valence-electron chi connectivity index (χ0n) is 16.4. The monoisotopic (exact) mass is 411 g/mol. The Labute approximate surface area is 173 Å². The second-order valence-electron chi connectivity index (χ2n) is 7.33. The molecule has 1 aliphatic rings. The predicted octanol–water partition coefficient (Wildman–Crippen LogP) is 3.22. The van der Waals surface area contributed by atoms with Crippen molar-refractivity contribution >= 4 is 23.2 Å². The number of nitrogens with one attached hydrogen (secondary N) is 1.